The van der Waals surface area contributed by atoms with Crippen LogP contribution >= 0.6 is 0 Å². The van der Waals surface area contributed by atoms with E-state index >= 15 is 0 Å². The first kappa shape index (κ1) is 16.2. The van der Waals surface area contributed by atoms with Gasteiger partial charge in [0, 0.05) is 25.9 Å². The van der Waals surface area contributed by atoms with Crippen molar-refractivity contribution in [2.45, 2.75) is 30.8 Å². The molecule has 1 aromatic heterocycles. The molecule has 21 heavy (non-hydrogen) atoms. The van der Waals surface area contributed by atoms with Crippen LogP contribution in [0.5, 0.6) is 0 Å². The number of aromatic nitrogens is 1. The van der Waals surface area contributed by atoms with Crippen LogP contribution < -0.4 is 11.3 Å². The van der Waals surface area contributed by atoms with Crippen molar-refractivity contribution in [1.29, 1.82) is 0 Å². The molecule has 0 spiro atoms. The summed E-state index contributed by atoms with van der Waals surface area (Å²) < 4.78 is 32.3. The first-order valence-electron chi connectivity index (χ1n) is 6.94. The van der Waals surface area contributed by atoms with Gasteiger partial charge in [0.25, 0.3) is 10.0 Å². The van der Waals surface area contributed by atoms with Gasteiger partial charge in [-0.2, -0.15) is 4.31 Å². The molecule has 118 valence electrons. The van der Waals surface area contributed by atoms with Crippen molar-refractivity contribution in [2.75, 3.05) is 25.7 Å². The second kappa shape index (κ2) is 6.69. The van der Waals surface area contributed by atoms with Gasteiger partial charge in [-0.1, -0.05) is 0 Å². The second-order valence-corrected chi connectivity index (χ2v) is 6.99. The molecule has 3 N–H and O–H groups in total. The number of anilines is 1. The first-order chi connectivity index (χ1) is 10.0. The number of hydrogen-bond acceptors (Lipinski definition) is 6. The lowest BCUT2D eigenvalue weighted by Crippen LogP contribution is -2.42. The standard InChI is InChI=1S/C13H22N4O3S/c1-10(11-5-6-11)17(8-9-20-2)21(18,19)13-12(16-14)4-3-7-15-13/h3-4,7,10-11,16H,5-6,8-9,14H2,1-2H3. The molecule has 2 rings (SSSR count). The van der Waals surface area contributed by atoms with Gasteiger partial charge >= 0.3 is 0 Å². The van der Waals surface area contributed by atoms with Crippen LogP contribution in [-0.4, -0.2) is 44.0 Å². The highest BCUT2D eigenvalue weighted by Gasteiger charge is 2.39. The van der Waals surface area contributed by atoms with E-state index in [9.17, 15) is 8.42 Å². The molecule has 1 aliphatic rings. The number of rotatable bonds is 8. The fourth-order valence-electron chi connectivity index (χ4n) is 2.36. The molecular weight excluding hydrogens is 292 g/mol. The summed E-state index contributed by atoms with van der Waals surface area (Å²) in [7, 11) is -2.16. The van der Waals surface area contributed by atoms with Gasteiger partial charge in [0.1, 0.15) is 0 Å². The van der Waals surface area contributed by atoms with Gasteiger partial charge in [-0.3, -0.25) is 5.84 Å². The average molecular weight is 314 g/mol. The Morgan fingerprint density at radius 2 is 2.29 bits per heavy atom. The minimum atomic E-state index is -3.72. The Balaban J connectivity index is 2.35. The highest BCUT2D eigenvalue weighted by molar-refractivity contribution is 7.89. The van der Waals surface area contributed by atoms with Crippen LogP contribution in [0, 0.1) is 5.92 Å². The Morgan fingerprint density at radius 1 is 1.57 bits per heavy atom. The number of sulfonamides is 1. The molecule has 0 bridgehead atoms. The summed E-state index contributed by atoms with van der Waals surface area (Å²) in [6, 6.07) is 3.16. The highest BCUT2D eigenvalue weighted by atomic mass is 32.2. The number of methoxy groups -OCH3 is 1. The van der Waals surface area contributed by atoms with E-state index in [1.165, 1.54) is 10.5 Å². The summed E-state index contributed by atoms with van der Waals surface area (Å²) in [6.45, 7) is 2.58. The molecule has 8 heteroatoms. The number of nitrogens with zero attached hydrogens (tertiary/aromatic N) is 2. The summed E-state index contributed by atoms with van der Waals surface area (Å²) in [5, 5.41) is -0.0453. The zero-order valence-electron chi connectivity index (χ0n) is 12.3. The van der Waals surface area contributed by atoms with Crippen LogP contribution in [0.2, 0.25) is 0 Å². The van der Waals surface area contributed by atoms with Crippen molar-refractivity contribution < 1.29 is 13.2 Å². The maximum absolute atomic E-state index is 12.9. The van der Waals surface area contributed by atoms with Crippen LogP contribution in [0.25, 0.3) is 0 Å². The van der Waals surface area contributed by atoms with Gasteiger partial charge in [-0.15, -0.1) is 0 Å². The van der Waals surface area contributed by atoms with E-state index in [2.05, 4.69) is 10.4 Å². The van der Waals surface area contributed by atoms with Crippen molar-refractivity contribution in [3.8, 4) is 0 Å². The van der Waals surface area contributed by atoms with Crippen LogP contribution in [0.3, 0.4) is 0 Å². The van der Waals surface area contributed by atoms with E-state index in [-0.39, 0.29) is 11.1 Å². The SMILES string of the molecule is COCCN(C(C)C1CC1)S(=O)(=O)c1ncccc1NN. The predicted octanol–water partition coefficient (Wildman–Crippen LogP) is 0.803. The predicted molar refractivity (Wildman–Crippen MR) is 80.0 cm³/mol. The quantitative estimate of drug-likeness (QED) is 0.544. The second-order valence-electron chi connectivity index (χ2n) is 5.19. The molecular formula is C13H22N4O3S. The topological polar surface area (TPSA) is 97.5 Å². The molecule has 1 fully saturated rings. The molecule has 1 aliphatic carbocycles. The first-order valence-corrected chi connectivity index (χ1v) is 8.38. The Morgan fingerprint density at radius 3 is 2.86 bits per heavy atom. The molecule has 1 unspecified atom stereocenters. The molecule has 0 aromatic carbocycles. The Bertz CT molecular complexity index is 575. The zero-order valence-corrected chi connectivity index (χ0v) is 13.1. The van der Waals surface area contributed by atoms with Crippen molar-refractivity contribution in [2.24, 2.45) is 11.8 Å². The molecule has 0 aliphatic heterocycles. The molecule has 0 radical (unpaired) electrons. The fraction of sp³-hybridized carbons (Fsp3) is 0.615. The number of hydrogen-bond donors (Lipinski definition) is 2. The third-order valence-electron chi connectivity index (χ3n) is 3.75. The molecule has 1 saturated carbocycles. The Labute approximate surface area is 125 Å². The molecule has 0 amide bonds. The molecule has 1 aromatic rings. The van der Waals surface area contributed by atoms with Gasteiger partial charge in [0.05, 0.1) is 12.3 Å². The molecule has 1 heterocycles. The van der Waals surface area contributed by atoms with Gasteiger partial charge in [0.15, 0.2) is 5.03 Å². The maximum atomic E-state index is 12.9. The van der Waals surface area contributed by atoms with E-state index in [0.29, 0.717) is 24.8 Å². The van der Waals surface area contributed by atoms with Gasteiger partial charge < -0.3 is 10.2 Å². The Kier molecular flexibility index (Phi) is 5.15. The van der Waals surface area contributed by atoms with Crippen LogP contribution in [0.15, 0.2) is 23.4 Å². The van der Waals surface area contributed by atoms with E-state index in [1.54, 1.807) is 19.2 Å². The van der Waals surface area contributed by atoms with Crippen molar-refractivity contribution in [3.63, 3.8) is 0 Å². The monoisotopic (exact) mass is 314 g/mol. The summed E-state index contributed by atoms with van der Waals surface area (Å²) in [5.41, 5.74) is 2.69. The zero-order chi connectivity index (χ0) is 15.5. The summed E-state index contributed by atoms with van der Waals surface area (Å²) in [5.74, 6) is 5.81. The van der Waals surface area contributed by atoms with Crippen LogP contribution in [-0.2, 0) is 14.8 Å². The van der Waals surface area contributed by atoms with E-state index < -0.39 is 10.0 Å². The summed E-state index contributed by atoms with van der Waals surface area (Å²) in [4.78, 5) is 4.00. The fourth-order valence-corrected chi connectivity index (χ4v) is 4.10. The molecule has 7 nitrogen and oxygen atoms in total. The van der Waals surface area contributed by atoms with E-state index in [1.807, 2.05) is 6.92 Å². The number of nitrogens with two attached hydrogens (primary N) is 1. The van der Waals surface area contributed by atoms with E-state index in [4.69, 9.17) is 10.6 Å². The minimum absolute atomic E-state index is 0.0453. The van der Waals surface area contributed by atoms with Crippen molar-refractivity contribution in [3.05, 3.63) is 18.3 Å². The lowest BCUT2D eigenvalue weighted by atomic mass is 10.2. The van der Waals surface area contributed by atoms with Crippen LogP contribution in [0.1, 0.15) is 19.8 Å². The largest absolute Gasteiger partial charge is 0.383 e. The van der Waals surface area contributed by atoms with E-state index in [0.717, 1.165) is 12.8 Å². The number of nitrogen functional groups attached to an aromatic ring is 1. The summed E-state index contributed by atoms with van der Waals surface area (Å²) >= 11 is 0. The molecule has 0 saturated heterocycles. The van der Waals surface area contributed by atoms with Gasteiger partial charge in [0.2, 0.25) is 0 Å². The van der Waals surface area contributed by atoms with Crippen molar-refractivity contribution >= 4 is 15.7 Å². The number of ether oxygens (including phenoxy) is 1. The lowest BCUT2D eigenvalue weighted by molar-refractivity contribution is 0.164. The van der Waals surface area contributed by atoms with Crippen molar-refractivity contribution in [1.82, 2.24) is 9.29 Å². The third-order valence-corrected chi connectivity index (χ3v) is 5.70. The lowest BCUT2D eigenvalue weighted by Gasteiger charge is -2.28. The normalized spacial score (nSPS) is 17.0. The number of hydrazine groups is 1. The smallest absolute Gasteiger partial charge is 0.263 e. The number of pyridine rings is 1. The number of nitrogens with one attached hydrogen (secondary N) is 1. The summed E-state index contributed by atoms with van der Waals surface area (Å²) in [6.07, 6.45) is 3.57. The van der Waals surface area contributed by atoms with Gasteiger partial charge in [-0.25, -0.2) is 13.4 Å². The minimum Gasteiger partial charge on any atom is -0.383 e. The highest BCUT2D eigenvalue weighted by Crippen LogP contribution is 2.37. The Hall–Kier alpha value is -1.22. The van der Waals surface area contributed by atoms with Gasteiger partial charge in [-0.05, 0) is 37.8 Å². The third kappa shape index (κ3) is 3.52. The van der Waals surface area contributed by atoms with Crippen LogP contribution in [0.4, 0.5) is 5.69 Å². The maximum Gasteiger partial charge on any atom is 0.263 e. The molecule has 1 atom stereocenters. The average Bonchev–Trinajstić information content (AvgIpc) is 3.31.